The molecule has 2 rings (SSSR count). The van der Waals surface area contributed by atoms with E-state index in [0.29, 0.717) is 6.61 Å². The van der Waals surface area contributed by atoms with Gasteiger partial charge in [-0.2, -0.15) is 5.10 Å². The lowest BCUT2D eigenvalue weighted by molar-refractivity contribution is 0.273. The van der Waals surface area contributed by atoms with Crippen LogP contribution in [0.4, 0.5) is 0 Å². The molecule has 0 aliphatic heterocycles. The molecule has 4 nitrogen and oxygen atoms in total. The highest BCUT2D eigenvalue weighted by molar-refractivity contribution is 5.39. The predicted octanol–water partition coefficient (Wildman–Crippen LogP) is 2.28. The van der Waals surface area contributed by atoms with Gasteiger partial charge in [-0.25, -0.2) is 0 Å². The van der Waals surface area contributed by atoms with Crippen molar-refractivity contribution >= 4 is 0 Å². The third-order valence-electron chi connectivity index (χ3n) is 2.56. The van der Waals surface area contributed by atoms with Crippen LogP contribution in [0.1, 0.15) is 5.69 Å². The van der Waals surface area contributed by atoms with E-state index < -0.39 is 0 Å². The SMILES string of the molecule is COc1ccccc1OCCn1nccc1C. The maximum atomic E-state index is 5.67. The average molecular weight is 232 g/mol. The molecule has 0 atom stereocenters. The van der Waals surface area contributed by atoms with Crippen molar-refractivity contribution in [3.05, 3.63) is 42.2 Å². The van der Waals surface area contributed by atoms with Crippen molar-refractivity contribution in [2.24, 2.45) is 0 Å². The van der Waals surface area contributed by atoms with Crippen LogP contribution in [-0.2, 0) is 6.54 Å². The summed E-state index contributed by atoms with van der Waals surface area (Å²) in [7, 11) is 1.64. The van der Waals surface area contributed by atoms with E-state index >= 15 is 0 Å². The Labute approximate surface area is 101 Å². The highest BCUT2D eigenvalue weighted by Gasteiger charge is 2.02. The van der Waals surface area contributed by atoms with Gasteiger partial charge in [-0.15, -0.1) is 0 Å². The molecule has 0 fully saturated rings. The van der Waals surface area contributed by atoms with Crippen LogP contribution < -0.4 is 9.47 Å². The van der Waals surface area contributed by atoms with Crippen molar-refractivity contribution in [1.82, 2.24) is 9.78 Å². The van der Waals surface area contributed by atoms with Gasteiger partial charge in [-0.05, 0) is 25.1 Å². The number of hydrogen-bond donors (Lipinski definition) is 0. The number of ether oxygens (including phenoxy) is 2. The molecule has 0 amide bonds. The van der Waals surface area contributed by atoms with Gasteiger partial charge in [0.05, 0.1) is 13.7 Å². The van der Waals surface area contributed by atoms with Crippen LogP contribution in [0.5, 0.6) is 11.5 Å². The number of aryl methyl sites for hydroxylation is 1. The van der Waals surface area contributed by atoms with E-state index in [4.69, 9.17) is 9.47 Å². The van der Waals surface area contributed by atoms with Gasteiger partial charge in [0.15, 0.2) is 11.5 Å². The number of methoxy groups -OCH3 is 1. The molecule has 90 valence electrons. The van der Waals surface area contributed by atoms with Crippen LogP contribution in [-0.4, -0.2) is 23.5 Å². The summed E-state index contributed by atoms with van der Waals surface area (Å²) >= 11 is 0. The molecule has 0 radical (unpaired) electrons. The summed E-state index contributed by atoms with van der Waals surface area (Å²) in [6.45, 7) is 3.33. The van der Waals surface area contributed by atoms with E-state index in [-0.39, 0.29) is 0 Å². The number of benzene rings is 1. The topological polar surface area (TPSA) is 36.3 Å². The van der Waals surface area contributed by atoms with Gasteiger partial charge < -0.3 is 9.47 Å². The number of nitrogens with zero attached hydrogens (tertiary/aromatic N) is 2. The second kappa shape index (κ2) is 5.39. The minimum Gasteiger partial charge on any atom is -0.493 e. The molecule has 4 heteroatoms. The van der Waals surface area contributed by atoms with E-state index in [9.17, 15) is 0 Å². The van der Waals surface area contributed by atoms with E-state index in [1.165, 1.54) is 0 Å². The van der Waals surface area contributed by atoms with Gasteiger partial charge in [0.2, 0.25) is 0 Å². The molecular weight excluding hydrogens is 216 g/mol. The second-order valence-corrected chi connectivity index (χ2v) is 3.70. The molecule has 2 aromatic rings. The molecule has 17 heavy (non-hydrogen) atoms. The molecule has 0 aliphatic rings. The zero-order chi connectivity index (χ0) is 12.1. The van der Waals surface area contributed by atoms with Gasteiger partial charge in [-0.3, -0.25) is 4.68 Å². The lowest BCUT2D eigenvalue weighted by atomic mass is 10.3. The predicted molar refractivity (Wildman–Crippen MR) is 65.5 cm³/mol. The van der Waals surface area contributed by atoms with Crippen molar-refractivity contribution < 1.29 is 9.47 Å². The van der Waals surface area contributed by atoms with Gasteiger partial charge >= 0.3 is 0 Å². The van der Waals surface area contributed by atoms with Crippen molar-refractivity contribution in [3.63, 3.8) is 0 Å². The fourth-order valence-corrected chi connectivity index (χ4v) is 1.61. The highest BCUT2D eigenvalue weighted by atomic mass is 16.5. The summed E-state index contributed by atoms with van der Waals surface area (Å²) in [4.78, 5) is 0. The Kier molecular flexibility index (Phi) is 3.65. The molecule has 0 spiro atoms. The number of aromatic nitrogens is 2. The van der Waals surface area contributed by atoms with E-state index in [0.717, 1.165) is 23.7 Å². The number of para-hydroxylation sites is 2. The number of hydrogen-bond acceptors (Lipinski definition) is 3. The summed E-state index contributed by atoms with van der Waals surface area (Å²) in [5.74, 6) is 1.52. The third kappa shape index (κ3) is 2.78. The van der Waals surface area contributed by atoms with Gasteiger partial charge in [0.25, 0.3) is 0 Å². The Bertz CT molecular complexity index is 480. The zero-order valence-electron chi connectivity index (χ0n) is 10.1. The fraction of sp³-hybridized carbons (Fsp3) is 0.308. The highest BCUT2D eigenvalue weighted by Crippen LogP contribution is 2.25. The van der Waals surface area contributed by atoms with E-state index in [1.54, 1.807) is 13.3 Å². The van der Waals surface area contributed by atoms with Crippen LogP contribution in [0, 0.1) is 6.92 Å². The first kappa shape index (κ1) is 11.5. The van der Waals surface area contributed by atoms with Crippen LogP contribution in [0.2, 0.25) is 0 Å². The summed E-state index contributed by atoms with van der Waals surface area (Å²) in [5, 5.41) is 4.19. The van der Waals surface area contributed by atoms with Crippen LogP contribution in [0.3, 0.4) is 0 Å². The smallest absolute Gasteiger partial charge is 0.161 e. The lowest BCUT2D eigenvalue weighted by Gasteiger charge is -2.10. The van der Waals surface area contributed by atoms with Crippen molar-refractivity contribution in [2.75, 3.05) is 13.7 Å². The molecule has 0 N–H and O–H groups in total. The first-order valence-corrected chi connectivity index (χ1v) is 5.55. The van der Waals surface area contributed by atoms with Crippen LogP contribution in [0.15, 0.2) is 36.5 Å². The Morgan fingerprint density at radius 3 is 2.59 bits per heavy atom. The summed E-state index contributed by atoms with van der Waals surface area (Å²) in [6.07, 6.45) is 1.79. The van der Waals surface area contributed by atoms with Crippen molar-refractivity contribution in [2.45, 2.75) is 13.5 Å². The monoisotopic (exact) mass is 232 g/mol. The Morgan fingerprint density at radius 2 is 1.94 bits per heavy atom. The molecule has 1 heterocycles. The fourth-order valence-electron chi connectivity index (χ4n) is 1.61. The summed E-state index contributed by atoms with van der Waals surface area (Å²) < 4.78 is 12.8. The molecule has 0 unspecified atom stereocenters. The van der Waals surface area contributed by atoms with Crippen molar-refractivity contribution in [1.29, 1.82) is 0 Å². The second-order valence-electron chi connectivity index (χ2n) is 3.70. The van der Waals surface area contributed by atoms with Gasteiger partial charge in [0.1, 0.15) is 6.61 Å². The molecule has 1 aromatic heterocycles. The Morgan fingerprint density at radius 1 is 1.18 bits per heavy atom. The molecular formula is C13H16N2O2. The van der Waals surface area contributed by atoms with Crippen LogP contribution >= 0.6 is 0 Å². The minimum absolute atomic E-state index is 0.572. The van der Waals surface area contributed by atoms with Crippen molar-refractivity contribution in [3.8, 4) is 11.5 Å². The molecule has 0 saturated heterocycles. The zero-order valence-corrected chi connectivity index (χ0v) is 10.1. The van der Waals surface area contributed by atoms with Gasteiger partial charge in [0, 0.05) is 11.9 Å². The quantitative estimate of drug-likeness (QED) is 0.793. The Balaban J connectivity index is 1.92. The number of rotatable bonds is 5. The molecule has 1 aromatic carbocycles. The minimum atomic E-state index is 0.572. The normalized spacial score (nSPS) is 10.2. The molecule has 0 bridgehead atoms. The third-order valence-corrected chi connectivity index (χ3v) is 2.56. The van der Waals surface area contributed by atoms with E-state index in [1.807, 2.05) is 41.9 Å². The maximum Gasteiger partial charge on any atom is 0.161 e. The maximum absolute atomic E-state index is 5.67. The summed E-state index contributed by atoms with van der Waals surface area (Å²) in [6, 6.07) is 9.60. The standard InChI is InChI=1S/C13H16N2O2/c1-11-7-8-14-15(11)9-10-17-13-6-4-3-5-12(13)16-2/h3-8H,9-10H2,1-2H3. The average Bonchev–Trinajstić information content (AvgIpc) is 2.76. The first-order valence-electron chi connectivity index (χ1n) is 5.55. The lowest BCUT2D eigenvalue weighted by Crippen LogP contribution is -2.10. The van der Waals surface area contributed by atoms with Crippen LogP contribution in [0.25, 0.3) is 0 Å². The first-order chi connectivity index (χ1) is 8.31. The summed E-state index contributed by atoms with van der Waals surface area (Å²) in [5.41, 5.74) is 1.13. The van der Waals surface area contributed by atoms with Gasteiger partial charge in [-0.1, -0.05) is 12.1 Å². The van der Waals surface area contributed by atoms with E-state index in [2.05, 4.69) is 5.10 Å². The largest absolute Gasteiger partial charge is 0.493 e. The molecule has 0 saturated carbocycles. The Hall–Kier alpha value is -1.97. The molecule has 0 aliphatic carbocycles.